The molecule has 0 aliphatic carbocycles. The Morgan fingerprint density at radius 1 is 1.38 bits per heavy atom. The van der Waals surface area contributed by atoms with Crippen molar-refractivity contribution in [1.82, 2.24) is 14.5 Å². The standard InChI is InChI=1S/C10H11N3O.C2H6/c1-7-3-13(8-4-14-5-8)10-9(7)2-11-6-12-10;1-2/h2-3,6,8H,4-5H2,1H3;1-2H3. The Bertz CT molecular complexity index is 474. The second kappa shape index (κ2) is 4.61. The predicted octanol–water partition coefficient (Wildman–Crippen LogP) is 2.34. The minimum atomic E-state index is 0.459. The van der Waals surface area contributed by atoms with Crippen molar-refractivity contribution in [2.75, 3.05) is 13.2 Å². The van der Waals surface area contributed by atoms with E-state index in [9.17, 15) is 0 Å². The fourth-order valence-electron chi connectivity index (χ4n) is 1.81. The van der Waals surface area contributed by atoms with Gasteiger partial charge < -0.3 is 9.30 Å². The van der Waals surface area contributed by atoms with Gasteiger partial charge in [0.2, 0.25) is 0 Å². The molecular formula is C12H17N3O. The van der Waals surface area contributed by atoms with Gasteiger partial charge in [-0.3, -0.25) is 0 Å². The van der Waals surface area contributed by atoms with E-state index in [0.29, 0.717) is 6.04 Å². The fourth-order valence-corrected chi connectivity index (χ4v) is 1.81. The molecule has 1 aliphatic heterocycles. The van der Waals surface area contributed by atoms with Gasteiger partial charge in [-0.25, -0.2) is 9.97 Å². The van der Waals surface area contributed by atoms with Crippen molar-refractivity contribution in [1.29, 1.82) is 0 Å². The SMILES string of the molecule is CC.Cc1cn(C2COC2)c2ncncc12. The van der Waals surface area contributed by atoms with Crippen LogP contribution in [0, 0.1) is 6.92 Å². The molecule has 0 saturated carbocycles. The van der Waals surface area contributed by atoms with Crippen molar-refractivity contribution in [2.45, 2.75) is 26.8 Å². The van der Waals surface area contributed by atoms with Gasteiger partial charge >= 0.3 is 0 Å². The number of nitrogens with zero attached hydrogens (tertiary/aromatic N) is 3. The first-order chi connectivity index (χ1) is 7.86. The molecule has 0 unspecified atom stereocenters. The highest BCUT2D eigenvalue weighted by atomic mass is 16.5. The molecule has 0 radical (unpaired) electrons. The summed E-state index contributed by atoms with van der Waals surface area (Å²) in [5.74, 6) is 0. The summed E-state index contributed by atoms with van der Waals surface area (Å²) in [6.45, 7) is 7.68. The average molecular weight is 219 g/mol. The Morgan fingerprint density at radius 3 is 2.75 bits per heavy atom. The molecule has 0 amide bonds. The Morgan fingerprint density at radius 2 is 2.12 bits per heavy atom. The molecule has 0 spiro atoms. The Labute approximate surface area is 95.3 Å². The summed E-state index contributed by atoms with van der Waals surface area (Å²) >= 11 is 0. The lowest BCUT2D eigenvalue weighted by Crippen LogP contribution is -2.30. The molecule has 2 aromatic heterocycles. The zero-order valence-corrected chi connectivity index (χ0v) is 9.97. The third-order valence-corrected chi connectivity index (χ3v) is 2.71. The molecule has 0 aromatic carbocycles. The highest BCUT2D eigenvalue weighted by molar-refractivity contribution is 5.79. The first-order valence-electron chi connectivity index (χ1n) is 5.71. The van der Waals surface area contributed by atoms with E-state index in [-0.39, 0.29) is 0 Å². The fraction of sp³-hybridized carbons (Fsp3) is 0.500. The lowest BCUT2D eigenvalue weighted by molar-refractivity contribution is -0.0216. The molecule has 4 heteroatoms. The van der Waals surface area contributed by atoms with Crippen LogP contribution in [0.4, 0.5) is 0 Å². The van der Waals surface area contributed by atoms with Gasteiger partial charge in [0.25, 0.3) is 0 Å². The van der Waals surface area contributed by atoms with E-state index in [0.717, 1.165) is 24.2 Å². The summed E-state index contributed by atoms with van der Waals surface area (Å²) in [4.78, 5) is 8.34. The Hall–Kier alpha value is -1.42. The van der Waals surface area contributed by atoms with E-state index in [1.807, 2.05) is 20.0 Å². The van der Waals surface area contributed by atoms with E-state index >= 15 is 0 Å². The first-order valence-corrected chi connectivity index (χ1v) is 5.71. The predicted molar refractivity (Wildman–Crippen MR) is 63.5 cm³/mol. The number of ether oxygens (including phenoxy) is 1. The van der Waals surface area contributed by atoms with E-state index < -0.39 is 0 Å². The van der Waals surface area contributed by atoms with Crippen LogP contribution < -0.4 is 0 Å². The molecule has 0 atom stereocenters. The first kappa shape index (κ1) is 11.1. The van der Waals surface area contributed by atoms with Gasteiger partial charge in [0.15, 0.2) is 0 Å². The van der Waals surface area contributed by atoms with Crippen LogP contribution in [0.25, 0.3) is 11.0 Å². The topological polar surface area (TPSA) is 39.9 Å². The molecule has 0 bridgehead atoms. The molecule has 4 nitrogen and oxygen atoms in total. The number of hydrogen-bond acceptors (Lipinski definition) is 3. The normalized spacial score (nSPS) is 15.4. The largest absolute Gasteiger partial charge is 0.377 e. The van der Waals surface area contributed by atoms with Gasteiger partial charge in [0, 0.05) is 17.8 Å². The van der Waals surface area contributed by atoms with Gasteiger partial charge in [0.1, 0.15) is 12.0 Å². The number of aromatic nitrogens is 3. The Balaban J connectivity index is 0.000000457. The summed E-state index contributed by atoms with van der Waals surface area (Å²) in [5.41, 5.74) is 2.25. The summed E-state index contributed by atoms with van der Waals surface area (Å²) < 4.78 is 7.37. The van der Waals surface area contributed by atoms with Crippen LogP contribution in [-0.4, -0.2) is 27.7 Å². The smallest absolute Gasteiger partial charge is 0.143 e. The summed E-state index contributed by atoms with van der Waals surface area (Å²) in [5, 5.41) is 1.14. The van der Waals surface area contributed by atoms with Crippen LogP contribution >= 0.6 is 0 Å². The highest BCUT2D eigenvalue weighted by Gasteiger charge is 2.22. The van der Waals surface area contributed by atoms with Crippen molar-refractivity contribution >= 4 is 11.0 Å². The minimum absolute atomic E-state index is 0.459. The molecule has 16 heavy (non-hydrogen) atoms. The molecule has 1 saturated heterocycles. The third-order valence-electron chi connectivity index (χ3n) is 2.71. The van der Waals surface area contributed by atoms with E-state index in [4.69, 9.17) is 4.74 Å². The van der Waals surface area contributed by atoms with E-state index in [2.05, 4.69) is 27.7 Å². The monoisotopic (exact) mass is 219 g/mol. The summed E-state index contributed by atoms with van der Waals surface area (Å²) in [6, 6.07) is 0.459. The number of hydrogen-bond donors (Lipinski definition) is 0. The van der Waals surface area contributed by atoms with Crippen LogP contribution in [0.5, 0.6) is 0 Å². The lowest BCUT2D eigenvalue weighted by atomic mass is 10.2. The Kier molecular flexibility index (Phi) is 3.19. The minimum Gasteiger partial charge on any atom is -0.377 e. The zero-order valence-electron chi connectivity index (χ0n) is 9.97. The van der Waals surface area contributed by atoms with Gasteiger partial charge in [-0.1, -0.05) is 13.8 Å². The highest BCUT2D eigenvalue weighted by Crippen LogP contribution is 2.25. The molecule has 1 aliphatic rings. The van der Waals surface area contributed by atoms with E-state index in [1.165, 1.54) is 5.56 Å². The molecular weight excluding hydrogens is 202 g/mol. The van der Waals surface area contributed by atoms with Gasteiger partial charge in [0.05, 0.1) is 19.3 Å². The molecule has 2 aromatic rings. The van der Waals surface area contributed by atoms with Crippen LogP contribution in [0.15, 0.2) is 18.7 Å². The van der Waals surface area contributed by atoms with Crippen LogP contribution in [0.1, 0.15) is 25.5 Å². The maximum Gasteiger partial charge on any atom is 0.143 e. The van der Waals surface area contributed by atoms with Crippen molar-refractivity contribution in [3.05, 3.63) is 24.3 Å². The maximum atomic E-state index is 5.18. The maximum absolute atomic E-state index is 5.18. The van der Waals surface area contributed by atoms with Crippen molar-refractivity contribution in [2.24, 2.45) is 0 Å². The molecule has 3 heterocycles. The summed E-state index contributed by atoms with van der Waals surface area (Å²) in [6.07, 6.45) is 5.60. The van der Waals surface area contributed by atoms with E-state index in [1.54, 1.807) is 6.33 Å². The second-order valence-electron chi connectivity index (χ2n) is 3.67. The molecule has 3 rings (SSSR count). The molecule has 86 valence electrons. The van der Waals surface area contributed by atoms with Crippen LogP contribution in [0.3, 0.4) is 0 Å². The van der Waals surface area contributed by atoms with Crippen molar-refractivity contribution in [3.63, 3.8) is 0 Å². The quantitative estimate of drug-likeness (QED) is 0.739. The van der Waals surface area contributed by atoms with Gasteiger partial charge in [-0.2, -0.15) is 0 Å². The average Bonchev–Trinajstić information content (AvgIpc) is 2.58. The number of rotatable bonds is 1. The number of aryl methyl sites for hydroxylation is 1. The summed E-state index contributed by atoms with van der Waals surface area (Å²) in [7, 11) is 0. The molecule has 1 fully saturated rings. The third kappa shape index (κ3) is 1.69. The lowest BCUT2D eigenvalue weighted by Gasteiger charge is -2.27. The van der Waals surface area contributed by atoms with Crippen LogP contribution in [-0.2, 0) is 4.74 Å². The van der Waals surface area contributed by atoms with Gasteiger partial charge in [-0.15, -0.1) is 0 Å². The zero-order chi connectivity index (χ0) is 11.5. The van der Waals surface area contributed by atoms with Gasteiger partial charge in [-0.05, 0) is 12.5 Å². The molecule has 0 N–H and O–H groups in total. The van der Waals surface area contributed by atoms with Crippen LogP contribution in [0.2, 0.25) is 0 Å². The van der Waals surface area contributed by atoms with Crippen molar-refractivity contribution in [3.8, 4) is 0 Å². The van der Waals surface area contributed by atoms with Crippen molar-refractivity contribution < 1.29 is 4.74 Å². The second-order valence-corrected chi connectivity index (χ2v) is 3.67. The number of fused-ring (bicyclic) bond motifs is 1.